The zero-order valence-electron chi connectivity index (χ0n) is 12.5. The van der Waals surface area contributed by atoms with E-state index in [2.05, 4.69) is 31.4 Å². The Bertz CT molecular complexity index is 401. The van der Waals surface area contributed by atoms with Gasteiger partial charge in [0, 0.05) is 18.5 Å². The fourth-order valence-corrected chi connectivity index (χ4v) is 2.83. The van der Waals surface area contributed by atoms with E-state index >= 15 is 0 Å². The number of hydrogen-bond acceptors (Lipinski definition) is 4. The molecule has 0 saturated heterocycles. The molecule has 0 saturated carbocycles. The molecule has 3 N–H and O–H groups in total. The lowest BCUT2D eigenvalue weighted by molar-refractivity contribution is 0.0657. The smallest absolute Gasteiger partial charge is 0.315 e. The van der Waals surface area contributed by atoms with Gasteiger partial charge in [-0.25, -0.2) is 4.79 Å². The maximum atomic E-state index is 11.9. The molecule has 2 atom stereocenters. The second-order valence-corrected chi connectivity index (χ2v) is 6.76. The molecule has 1 heterocycles. The van der Waals surface area contributed by atoms with Gasteiger partial charge >= 0.3 is 6.03 Å². The molecule has 5 nitrogen and oxygen atoms in total. The highest BCUT2D eigenvalue weighted by atomic mass is 32.1. The molecular formula is C14H24N2O3S. The molecule has 0 aromatic carbocycles. The van der Waals surface area contributed by atoms with Crippen LogP contribution in [-0.4, -0.2) is 37.5 Å². The molecule has 1 rings (SSSR count). The van der Waals surface area contributed by atoms with Crippen LogP contribution in [0.1, 0.15) is 31.7 Å². The predicted molar refractivity (Wildman–Crippen MR) is 80.9 cm³/mol. The number of aliphatic hydroxyl groups excluding tert-OH is 1. The minimum absolute atomic E-state index is 0.0675. The topological polar surface area (TPSA) is 70.6 Å². The van der Waals surface area contributed by atoms with E-state index in [1.165, 1.54) is 7.11 Å². The monoisotopic (exact) mass is 300 g/mol. The van der Waals surface area contributed by atoms with Crippen LogP contribution in [0.5, 0.6) is 0 Å². The third kappa shape index (κ3) is 5.48. The molecule has 0 fully saturated rings. The van der Waals surface area contributed by atoms with Crippen LogP contribution in [0.3, 0.4) is 0 Å². The zero-order chi connectivity index (χ0) is 15.2. The summed E-state index contributed by atoms with van der Waals surface area (Å²) < 4.78 is 4.81. The third-order valence-electron chi connectivity index (χ3n) is 2.83. The molecular weight excluding hydrogens is 276 g/mol. The Morgan fingerprint density at radius 1 is 1.50 bits per heavy atom. The molecule has 1 aromatic rings. The summed E-state index contributed by atoms with van der Waals surface area (Å²) in [5.74, 6) is 0. The first-order valence-corrected chi connectivity index (χ1v) is 7.47. The zero-order valence-corrected chi connectivity index (χ0v) is 13.3. The van der Waals surface area contributed by atoms with Gasteiger partial charge in [0.15, 0.2) is 0 Å². The van der Waals surface area contributed by atoms with Crippen molar-refractivity contribution in [3.05, 3.63) is 22.4 Å². The minimum Gasteiger partial charge on any atom is -0.389 e. The molecule has 2 amide bonds. The summed E-state index contributed by atoms with van der Waals surface area (Å²) in [6, 6.07) is 3.64. The van der Waals surface area contributed by atoms with Crippen LogP contribution in [0.4, 0.5) is 4.79 Å². The summed E-state index contributed by atoms with van der Waals surface area (Å²) in [6.45, 7) is 6.61. The van der Waals surface area contributed by atoms with Gasteiger partial charge in [0.25, 0.3) is 0 Å². The second-order valence-electron chi connectivity index (χ2n) is 5.78. The maximum Gasteiger partial charge on any atom is 0.315 e. The minimum atomic E-state index is -0.694. The van der Waals surface area contributed by atoms with E-state index in [0.717, 1.165) is 4.88 Å². The van der Waals surface area contributed by atoms with Gasteiger partial charge in [-0.2, -0.15) is 0 Å². The van der Waals surface area contributed by atoms with Crippen molar-refractivity contribution >= 4 is 17.4 Å². The molecule has 0 radical (unpaired) electrons. The number of urea groups is 1. The van der Waals surface area contributed by atoms with Crippen molar-refractivity contribution in [3.8, 4) is 0 Å². The second kappa shape index (κ2) is 7.61. The summed E-state index contributed by atoms with van der Waals surface area (Å²) in [6.07, 6.45) is -0.694. The summed E-state index contributed by atoms with van der Waals surface area (Å²) in [4.78, 5) is 13.1. The number of thiophene rings is 1. The van der Waals surface area contributed by atoms with Crippen LogP contribution in [0.15, 0.2) is 17.5 Å². The van der Waals surface area contributed by atoms with Crippen LogP contribution in [-0.2, 0) is 4.74 Å². The van der Waals surface area contributed by atoms with Crippen molar-refractivity contribution in [1.29, 1.82) is 0 Å². The number of carbonyl (C=O) groups excluding carboxylic acids is 1. The molecule has 114 valence electrons. The summed E-state index contributed by atoms with van der Waals surface area (Å²) >= 11 is 1.62. The Morgan fingerprint density at radius 2 is 2.20 bits per heavy atom. The number of nitrogens with one attached hydrogen (secondary N) is 2. The number of aliphatic hydroxyl groups is 1. The number of ether oxygens (including phenoxy) is 1. The summed E-state index contributed by atoms with van der Waals surface area (Å²) in [7, 11) is 1.51. The van der Waals surface area contributed by atoms with Crippen LogP contribution in [0.25, 0.3) is 0 Å². The lowest BCUT2D eigenvalue weighted by Gasteiger charge is -2.31. The fraction of sp³-hybridized carbons (Fsp3) is 0.643. The van der Waals surface area contributed by atoms with Crippen molar-refractivity contribution in [1.82, 2.24) is 10.6 Å². The van der Waals surface area contributed by atoms with Gasteiger partial charge in [-0.05, 0) is 16.9 Å². The largest absolute Gasteiger partial charge is 0.389 e. The Balaban J connectivity index is 2.56. The number of rotatable bonds is 6. The van der Waals surface area contributed by atoms with Crippen molar-refractivity contribution in [2.45, 2.75) is 32.9 Å². The van der Waals surface area contributed by atoms with Crippen LogP contribution < -0.4 is 10.6 Å². The first-order valence-electron chi connectivity index (χ1n) is 6.59. The van der Waals surface area contributed by atoms with Gasteiger partial charge < -0.3 is 20.5 Å². The van der Waals surface area contributed by atoms with Gasteiger partial charge in [0.2, 0.25) is 0 Å². The first kappa shape index (κ1) is 16.9. The van der Waals surface area contributed by atoms with Gasteiger partial charge in [-0.1, -0.05) is 26.8 Å². The van der Waals surface area contributed by atoms with E-state index in [1.807, 2.05) is 17.5 Å². The van der Waals surface area contributed by atoms with Crippen LogP contribution in [0, 0.1) is 5.41 Å². The molecule has 20 heavy (non-hydrogen) atoms. The Hall–Kier alpha value is -1.11. The quantitative estimate of drug-likeness (QED) is 0.754. The normalized spacial score (nSPS) is 14.7. The van der Waals surface area contributed by atoms with Gasteiger partial charge in [-0.15, -0.1) is 11.3 Å². The SMILES string of the molecule is COCC(O)CNC(=O)NC(c1cccs1)C(C)(C)C. The average Bonchev–Trinajstić information content (AvgIpc) is 2.86. The molecule has 0 aliphatic rings. The van der Waals surface area contributed by atoms with Crippen LogP contribution >= 0.6 is 11.3 Å². The lowest BCUT2D eigenvalue weighted by atomic mass is 9.86. The molecule has 0 bridgehead atoms. The van der Waals surface area contributed by atoms with Crippen LogP contribution in [0.2, 0.25) is 0 Å². The summed E-state index contributed by atoms with van der Waals surface area (Å²) in [5, 5.41) is 17.1. The number of hydrogen-bond donors (Lipinski definition) is 3. The lowest BCUT2D eigenvalue weighted by Crippen LogP contribution is -2.45. The van der Waals surface area contributed by atoms with E-state index < -0.39 is 6.10 Å². The highest BCUT2D eigenvalue weighted by Gasteiger charge is 2.28. The first-order chi connectivity index (χ1) is 9.34. The van der Waals surface area contributed by atoms with E-state index in [-0.39, 0.29) is 30.6 Å². The maximum absolute atomic E-state index is 11.9. The molecule has 0 spiro atoms. The number of methoxy groups -OCH3 is 1. The predicted octanol–water partition coefficient (Wildman–Crippen LogP) is 2.14. The molecule has 6 heteroatoms. The standard InChI is InChI=1S/C14H24N2O3S/c1-14(2,3)12(11-6-5-7-20-11)16-13(18)15-8-10(17)9-19-4/h5-7,10,12,17H,8-9H2,1-4H3,(H2,15,16,18). The molecule has 2 unspecified atom stereocenters. The molecule has 0 aliphatic carbocycles. The van der Waals surface area contributed by atoms with Crippen molar-refractivity contribution in [2.75, 3.05) is 20.3 Å². The number of amides is 2. The Morgan fingerprint density at radius 3 is 2.70 bits per heavy atom. The molecule has 1 aromatic heterocycles. The summed E-state index contributed by atoms with van der Waals surface area (Å²) in [5.41, 5.74) is -0.0899. The third-order valence-corrected chi connectivity index (χ3v) is 3.76. The highest BCUT2D eigenvalue weighted by Crippen LogP contribution is 2.34. The fourth-order valence-electron chi connectivity index (χ4n) is 1.81. The average molecular weight is 300 g/mol. The van der Waals surface area contributed by atoms with E-state index in [4.69, 9.17) is 4.74 Å². The molecule has 0 aliphatic heterocycles. The van der Waals surface area contributed by atoms with E-state index in [1.54, 1.807) is 11.3 Å². The van der Waals surface area contributed by atoms with Crippen molar-refractivity contribution in [3.63, 3.8) is 0 Å². The van der Waals surface area contributed by atoms with E-state index in [0.29, 0.717) is 0 Å². The Kier molecular flexibility index (Phi) is 6.45. The van der Waals surface area contributed by atoms with Crippen molar-refractivity contribution in [2.24, 2.45) is 5.41 Å². The Labute approximate surface area is 124 Å². The van der Waals surface area contributed by atoms with E-state index in [9.17, 15) is 9.90 Å². The highest BCUT2D eigenvalue weighted by molar-refractivity contribution is 7.10. The van der Waals surface area contributed by atoms with Gasteiger partial charge in [-0.3, -0.25) is 0 Å². The number of carbonyl (C=O) groups is 1. The van der Waals surface area contributed by atoms with Gasteiger partial charge in [0.1, 0.15) is 0 Å². The van der Waals surface area contributed by atoms with Crippen molar-refractivity contribution < 1.29 is 14.6 Å². The van der Waals surface area contributed by atoms with Gasteiger partial charge in [0.05, 0.1) is 18.8 Å².